The van der Waals surface area contributed by atoms with Crippen molar-refractivity contribution < 1.29 is 5.11 Å². The van der Waals surface area contributed by atoms with Crippen molar-refractivity contribution in [3.63, 3.8) is 0 Å². The quantitative estimate of drug-likeness (QED) is 0.908. The number of hydrogen-bond acceptors (Lipinski definition) is 3. The SMILES string of the molecule is N#Cc1cc(Cl)cc(C(CO)CN2CCCC2)c1. The zero-order valence-corrected chi connectivity index (χ0v) is 11.0. The minimum atomic E-state index is 0.0360. The molecule has 4 heteroatoms. The third kappa shape index (κ3) is 3.23. The van der Waals surface area contributed by atoms with E-state index in [1.165, 1.54) is 12.8 Å². The monoisotopic (exact) mass is 264 g/mol. The highest BCUT2D eigenvalue weighted by atomic mass is 35.5. The van der Waals surface area contributed by atoms with Gasteiger partial charge in [-0.25, -0.2) is 0 Å². The van der Waals surface area contributed by atoms with Crippen molar-refractivity contribution in [1.82, 2.24) is 4.90 Å². The molecule has 1 aromatic rings. The fraction of sp³-hybridized carbons (Fsp3) is 0.500. The van der Waals surface area contributed by atoms with Crippen molar-refractivity contribution in [1.29, 1.82) is 5.26 Å². The smallest absolute Gasteiger partial charge is 0.0992 e. The number of hydrogen-bond donors (Lipinski definition) is 1. The number of nitriles is 1. The normalized spacial score (nSPS) is 17.6. The molecule has 1 aliphatic heterocycles. The van der Waals surface area contributed by atoms with Crippen LogP contribution >= 0.6 is 11.6 Å². The predicted octanol–water partition coefficient (Wildman–Crippen LogP) is 2.38. The molecule has 3 nitrogen and oxygen atoms in total. The molecule has 96 valence electrons. The minimum Gasteiger partial charge on any atom is -0.396 e. The van der Waals surface area contributed by atoms with Gasteiger partial charge in [0, 0.05) is 17.5 Å². The van der Waals surface area contributed by atoms with Gasteiger partial charge in [-0.05, 0) is 49.7 Å². The Morgan fingerprint density at radius 1 is 1.33 bits per heavy atom. The van der Waals surface area contributed by atoms with E-state index in [4.69, 9.17) is 16.9 Å². The molecule has 18 heavy (non-hydrogen) atoms. The van der Waals surface area contributed by atoms with E-state index >= 15 is 0 Å². The van der Waals surface area contributed by atoms with Crippen LogP contribution in [0.4, 0.5) is 0 Å². The molecule has 1 aromatic carbocycles. The molecular formula is C14H17ClN2O. The van der Waals surface area contributed by atoms with Crippen LogP contribution in [0.1, 0.15) is 29.9 Å². The van der Waals surface area contributed by atoms with Gasteiger partial charge in [0.25, 0.3) is 0 Å². The Morgan fingerprint density at radius 3 is 2.67 bits per heavy atom. The second-order valence-electron chi connectivity index (χ2n) is 4.77. The average Bonchev–Trinajstić information content (AvgIpc) is 2.88. The number of aliphatic hydroxyl groups excluding tert-OH is 1. The Morgan fingerprint density at radius 2 is 2.06 bits per heavy atom. The van der Waals surface area contributed by atoms with Gasteiger partial charge >= 0.3 is 0 Å². The lowest BCUT2D eigenvalue weighted by Gasteiger charge is -2.22. The highest BCUT2D eigenvalue weighted by Crippen LogP contribution is 2.24. The van der Waals surface area contributed by atoms with Crippen molar-refractivity contribution in [3.8, 4) is 6.07 Å². The van der Waals surface area contributed by atoms with Crippen LogP contribution in [0.2, 0.25) is 5.02 Å². The lowest BCUT2D eigenvalue weighted by Crippen LogP contribution is -2.27. The molecule has 1 saturated heterocycles. The maximum Gasteiger partial charge on any atom is 0.0992 e. The second kappa shape index (κ2) is 6.19. The van der Waals surface area contributed by atoms with Gasteiger partial charge in [0.05, 0.1) is 18.2 Å². The summed E-state index contributed by atoms with van der Waals surface area (Å²) in [6, 6.07) is 7.42. The first-order valence-electron chi connectivity index (χ1n) is 6.26. The molecule has 2 rings (SSSR count). The molecule has 0 aliphatic carbocycles. The number of rotatable bonds is 4. The number of aliphatic hydroxyl groups is 1. The van der Waals surface area contributed by atoms with E-state index in [0.717, 1.165) is 25.2 Å². The fourth-order valence-electron chi connectivity index (χ4n) is 2.46. The van der Waals surface area contributed by atoms with Gasteiger partial charge in [0.1, 0.15) is 0 Å². The van der Waals surface area contributed by atoms with Crippen LogP contribution in [-0.4, -0.2) is 36.2 Å². The first kappa shape index (κ1) is 13.4. The van der Waals surface area contributed by atoms with Crippen molar-refractivity contribution >= 4 is 11.6 Å². The second-order valence-corrected chi connectivity index (χ2v) is 5.21. The van der Waals surface area contributed by atoms with E-state index in [0.29, 0.717) is 10.6 Å². The Bertz CT molecular complexity index is 450. The van der Waals surface area contributed by atoms with E-state index < -0.39 is 0 Å². The lowest BCUT2D eigenvalue weighted by atomic mass is 9.97. The van der Waals surface area contributed by atoms with E-state index in [-0.39, 0.29) is 12.5 Å². The lowest BCUT2D eigenvalue weighted by molar-refractivity contribution is 0.220. The average molecular weight is 265 g/mol. The zero-order valence-electron chi connectivity index (χ0n) is 10.3. The van der Waals surface area contributed by atoms with Gasteiger partial charge in [-0.2, -0.15) is 5.26 Å². The first-order chi connectivity index (χ1) is 8.72. The molecule has 0 spiro atoms. The van der Waals surface area contributed by atoms with E-state index in [9.17, 15) is 5.11 Å². The van der Waals surface area contributed by atoms with Gasteiger partial charge in [0.15, 0.2) is 0 Å². The van der Waals surface area contributed by atoms with Crippen molar-refractivity contribution in [3.05, 3.63) is 34.3 Å². The van der Waals surface area contributed by atoms with Gasteiger partial charge in [-0.3, -0.25) is 0 Å². The van der Waals surface area contributed by atoms with Gasteiger partial charge in [0.2, 0.25) is 0 Å². The molecule has 0 aromatic heterocycles. The van der Waals surface area contributed by atoms with Crippen LogP contribution < -0.4 is 0 Å². The fourth-order valence-corrected chi connectivity index (χ4v) is 2.70. The summed E-state index contributed by atoms with van der Waals surface area (Å²) in [4.78, 5) is 2.35. The van der Waals surface area contributed by atoms with Gasteiger partial charge < -0.3 is 10.0 Å². The van der Waals surface area contributed by atoms with E-state index in [1.807, 2.05) is 12.1 Å². The summed E-state index contributed by atoms with van der Waals surface area (Å²) in [6.07, 6.45) is 2.47. The molecular weight excluding hydrogens is 248 g/mol. The van der Waals surface area contributed by atoms with Crippen LogP contribution in [0.5, 0.6) is 0 Å². The summed E-state index contributed by atoms with van der Waals surface area (Å²) >= 11 is 6.00. The largest absolute Gasteiger partial charge is 0.396 e. The summed E-state index contributed by atoms with van der Waals surface area (Å²) in [6.45, 7) is 3.12. The Hall–Kier alpha value is -1.08. The van der Waals surface area contributed by atoms with E-state index in [2.05, 4.69) is 11.0 Å². The number of halogens is 1. The maximum absolute atomic E-state index is 9.54. The van der Waals surface area contributed by atoms with Crippen LogP contribution in [0, 0.1) is 11.3 Å². The van der Waals surface area contributed by atoms with E-state index in [1.54, 1.807) is 6.07 Å². The van der Waals surface area contributed by atoms with Crippen LogP contribution in [-0.2, 0) is 0 Å². The van der Waals surface area contributed by atoms with Gasteiger partial charge in [-0.15, -0.1) is 0 Å². The van der Waals surface area contributed by atoms with Gasteiger partial charge in [-0.1, -0.05) is 11.6 Å². The summed E-state index contributed by atoms with van der Waals surface area (Å²) < 4.78 is 0. The summed E-state index contributed by atoms with van der Waals surface area (Å²) in [7, 11) is 0. The highest BCUT2D eigenvalue weighted by Gasteiger charge is 2.19. The molecule has 0 bridgehead atoms. The van der Waals surface area contributed by atoms with Crippen LogP contribution in [0.15, 0.2) is 18.2 Å². The Kier molecular flexibility index (Phi) is 4.60. The molecule has 0 radical (unpaired) electrons. The standard InChI is InChI=1S/C14H17ClN2O/c15-14-6-11(8-16)5-12(7-14)13(10-18)9-17-3-1-2-4-17/h5-7,13,18H,1-4,9-10H2. The van der Waals surface area contributed by atoms with Crippen molar-refractivity contribution in [2.24, 2.45) is 0 Å². The maximum atomic E-state index is 9.54. The van der Waals surface area contributed by atoms with Crippen molar-refractivity contribution in [2.45, 2.75) is 18.8 Å². The Labute approximate surface area is 113 Å². The molecule has 1 atom stereocenters. The van der Waals surface area contributed by atoms with Crippen LogP contribution in [0.3, 0.4) is 0 Å². The van der Waals surface area contributed by atoms with Crippen LogP contribution in [0.25, 0.3) is 0 Å². The molecule has 1 aliphatic rings. The molecule has 1 N–H and O–H groups in total. The number of nitrogens with zero attached hydrogens (tertiary/aromatic N) is 2. The summed E-state index contributed by atoms with van der Waals surface area (Å²) in [5.74, 6) is 0.0360. The predicted molar refractivity (Wildman–Crippen MR) is 71.7 cm³/mol. The third-order valence-electron chi connectivity index (χ3n) is 3.42. The zero-order chi connectivity index (χ0) is 13.0. The molecule has 0 saturated carbocycles. The number of benzene rings is 1. The molecule has 1 unspecified atom stereocenters. The molecule has 1 fully saturated rings. The first-order valence-corrected chi connectivity index (χ1v) is 6.64. The molecule has 1 heterocycles. The summed E-state index contributed by atoms with van der Waals surface area (Å²) in [5, 5.41) is 19.0. The topological polar surface area (TPSA) is 47.3 Å². The minimum absolute atomic E-state index is 0.0360. The van der Waals surface area contributed by atoms with Crippen molar-refractivity contribution in [2.75, 3.05) is 26.2 Å². The summed E-state index contributed by atoms with van der Waals surface area (Å²) in [5.41, 5.74) is 1.51. The highest BCUT2D eigenvalue weighted by molar-refractivity contribution is 6.30. The third-order valence-corrected chi connectivity index (χ3v) is 3.64. The Balaban J connectivity index is 2.15. The number of likely N-dealkylation sites (tertiary alicyclic amines) is 1. The molecule has 0 amide bonds.